The number of benzene rings is 1. The minimum absolute atomic E-state index is 0.0783. The van der Waals surface area contributed by atoms with Gasteiger partial charge >= 0.3 is 0 Å². The Kier molecular flexibility index (Phi) is 6.71. The molecular weight excluding hydrogens is 420 g/mol. The number of ether oxygens (including phenoxy) is 1. The molecule has 0 N–H and O–H groups in total. The fourth-order valence-corrected chi connectivity index (χ4v) is 3.09. The number of aromatic nitrogens is 3. The van der Waals surface area contributed by atoms with Gasteiger partial charge in [-0.1, -0.05) is 18.2 Å². The molecule has 0 aliphatic rings. The molecule has 3 rings (SSSR count). The molecule has 2 aromatic heterocycles. The van der Waals surface area contributed by atoms with E-state index < -0.39 is 0 Å². The van der Waals surface area contributed by atoms with E-state index in [1.165, 1.54) is 0 Å². The summed E-state index contributed by atoms with van der Waals surface area (Å²) in [5.41, 5.74) is 1.29. The lowest BCUT2D eigenvalue weighted by Gasteiger charge is -2.28. The van der Waals surface area contributed by atoms with Gasteiger partial charge < -0.3 is 9.64 Å². The van der Waals surface area contributed by atoms with Gasteiger partial charge in [-0.25, -0.2) is 15.0 Å². The van der Waals surface area contributed by atoms with Crippen LogP contribution in [0.15, 0.2) is 65.5 Å². The Balaban J connectivity index is 1.77. The predicted molar refractivity (Wildman–Crippen MR) is 111 cm³/mol. The van der Waals surface area contributed by atoms with E-state index in [0.29, 0.717) is 36.0 Å². The van der Waals surface area contributed by atoms with E-state index in [1.54, 1.807) is 41.7 Å². The molecule has 1 aromatic carbocycles. The van der Waals surface area contributed by atoms with Crippen molar-refractivity contribution in [1.82, 2.24) is 19.9 Å². The predicted octanol–water partition coefficient (Wildman–Crippen LogP) is 4.23. The number of pyridine rings is 1. The molecule has 0 spiro atoms. The van der Waals surface area contributed by atoms with Gasteiger partial charge in [0.25, 0.3) is 5.91 Å². The number of amides is 1. The number of carbonyl (C=O) groups excluding carboxylic acids is 1. The van der Waals surface area contributed by atoms with Gasteiger partial charge in [0, 0.05) is 41.2 Å². The van der Waals surface area contributed by atoms with Crippen LogP contribution in [0, 0.1) is 0 Å². The van der Waals surface area contributed by atoms with Crippen molar-refractivity contribution in [2.45, 2.75) is 19.9 Å². The Morgan fingerprint density at radius 2 is 1.86 bits per heavy atom. The standard InChI is InChI=1S/C21H21BrN4O2/c1-3-26(15(2)14-28-19-10-9-16(22)13-25-19)21(27)18-8-5-4-7-17(18)20-23-11-6-12-24-20/h4-13,15H,3,14H2,1-2H3. The number of carbonyl (C=O) groups is 1. The molecule has 28 heavy (non-hydrogen) atoms. The second-order valence-electron chi connectivity index (χ2n) is 6.18. The van der Waals surface area contributed by atoms with Gasteiger partial charge in [0.1, 0.15) is 6.61 Å². The van der Waals surface area contributed by atoms with Gasteiger partial charge in [-0.2, -0.15) is 0 Å². The maximum atomic E-state index is 13.3. The van der Waals surface area contributed by atoms with Crippen LogP contribution in [0.3, 0.4) is 0 Å². The van der Waals surface area contributed by atoms with Crippen molar-refractivity contribution in [3.8, 4) is 17.3 Å². The summed E-state index contributed by atoms with van der Waals surface area (Å²) in [5, 5.41) is 0. The van der Waals surface area contributed by atoms with Gasteiger partial charge in [0.15, 0.2) is 5.82 Å². The van der Waals surface area contributed by atoms with Crippen molar-refractivity contribution in [3.05, 3.63) is 71.1 Å². The highest BCUT2D eigenvalue weighted by atomic mass is 79.9. The van der Waals surface area contributed by atoms with Crippen molar-refractivity contribution in [2.24, 2.45) is 0 Å². The zero-order valence-electron chi connectivity index (χ0n) is 15.7. The average molecular weight is 441 g/mol. The molecule has 1 unspecified atom stereocenters. The molecule has 3 aromatic rings. The van der Waals surface area contributed by atoms with Crippen LogP contribution in [0.25, 0.3) is 11.4 Å². The summed E-state index contributed by atoms with van der Waals surface area (Å²) in [6.45, 7) is 4.81. The molecule has 0 bridgehead atoms. The summed E-state index contributed by atoms with van der Waals surface area (Å²) in [7, 11) is 0. The summed E-state index contributed by atoms with van der Waals surface area (Å²) < 4.78 is 6.64. The van der Waals surface area contributed by atoms with Gasteiger partial charge in [-0.05, 0) is 48.0 Å². The summed E-state index contributed by atoms with van der Waals surface area (Å²) >= 11 is 3.35. The third kappa shape index (κ3) is 4.72. The Hall–Kier alpha value is -2.80. The summed E-state index contributed by atoms with van der Waals surface area (Å²) in [5.74, 6) is 0.979. The minimum Gasteiger partial charge on any atom is -0.475 e. The van der Waals surface area contributed by atoms with Crippen LogP contribution < -0.4 is 4.74 Å². The average Bonchev–Trinajstić information content (AvgIpc) is 2.74. The molecule has 0 aliphatic heterocycles. The monoisotopic (exact) mass is 440 g/mol. The molecule has 1 atom stereocenters. The lowest BCUT2D eigenvalue weighted by atomic mass is 10.0. The zero-order chi connectivity index (χ0) is 19.9. The van der Waals surface area contributed by atoms with Crippen molar-refractivity contribution >= 4 is 21.8 Å². The SMILES string of the molecule is CCN(C(=O)c1ccccc1-c1ncccn1)C(C)COc1ccc(Br)cn1. The molecule has 2 heterocycles. The highest BCUT2D eigenvalue weighted by molar-refractivity contribution is 9.10. The van der Waals surface area contributed by atoms with Crippen LogP contribution in [0.1, 0.15) is 24.2 Å². The number of halogens is 1. The summed E-state index contributed by atoms with van der Waals surface area (Å²) in [4.78, 5) is 27.8. The molecule has 0 radical (unpaired) electrons. The van der Waals surface area contributed by atoms with Crippen molar-refractivity contribution < 1.29 is 9.53 Å². The van der Waals surface area contributed by atoms with Crippen LogP contribution in [0.5, 0.6) is 5.88 Å². The van der Waals surface area contributed by atoms with Crippen LogP contribution in [0.4, 0.5) is 0 Å². The highest BCUT2D eigenvalue weighted by Crippen LogP contribution is 2.22. The maximum Gasteiger partial charge on any atom is 0.254 e. The number of rotatable bonds is 7. The Labute approximate surface area is 172 Å². The molecule has 7 heteroatoms. The summed E-state index contributed by atoms with van der Waals surface area (Å²) in [6.07, 6.45) is 5.02. The smallest absolute Gasteiger partial charge is 0.254 e. The topological polar surface area (TPSA) is 68.2 Å². The van der Waals surface area contributed by atoms with E-state index in [2.05, 4.69) is 30.9 Å². The van der Waals surface area contributed by atoms with Crippen molar-refractivity contribution in [2.75, 3.05) is 13.2 Å². The third-order valence-electron chi connectivity index (χ3n) is 4.27. The van der Waals surface area contributed by atoms with E-state index in [0.717, 1.165) is 4.47 Å². The minimum atomic E-state index is -0.132. The maximum absolute atomic E-state index is 13.3. The van der Waals surface area contributed by atoms with Crippen LogP contribution in [-0.2, 0) is 0 Å². The van der Waals surface area contributed by atoms with E-state index in [9.17, 15) is 4.79 Å². The van der Waals surface area contributed by atoms with Crippen LogP contribution >= 0.6 is 15.9 Å². The Morgan fingerprint density at radius 1 is 1.11 bits per heavy atom. The largest absolute Gasteiger partial charge is 0.475 e. The third-order valence-corrected chi connectivity index (χ3v) is 4.74. The first-order valence-corrected chi connectivity index (χ1v) is 9.81. The molecule has 6 nitrogen and oxygen atoms in total. The molecule has 0 aliphatic carbocycles. The Bertz CT molecular complexity index is 919. The molecule has 0 fully saturated rings. The normalized spacial score (nSPS) is 11.7. The van der Waals surface area contributed by atoms with E-state index in [-0.39, 0.29) is 11.9 Å². The summed E-state index contributed by atoms with van der Waals surface area (Å²) in [6, 6.07) is 12.7. The van der Waals surface area contributed by atoms with Crippen molar-refractivity contribution in [3.63, 3.8) is 0 Å². The van der Waals surface area contributed by atoms with Gasteiger partial charge in [0.2, 0.25) is 5.88 Å². The molecule has 1 amide bonds. The quantitative estimate of drug-likeness (QED) is 0.549. The first kappa shape index (κ1) is 19.9. The second-order valence-corrected chi connectivity index (χ2v) is 7.10. The fraction of sp³-hybridized carbons (Fsp3) is 0.238. The van der Waals surface area contributed by atoms with Gasteiger partial charge in [-0.3, -0.25) is 4.79 Å². The highest BCUT2D eigenvalue weighted by Gasteiger charge is 2.23. The van der Waals surface area contributed by atoms with Gasteiger partial charge in [0.05, 0.1) is 11.6 Å². The Morgan fingerprint density at radius 3 is 2.54 bits per heavy atom. The first-order valence-electron chi connectivity index (χ1n) is 9.02. The molecule has 144 valence electrons. The first-order chi connectivity index (χ1) is 13.6. The van der Waals surface area contributed by atoms with E-state index in [4.69, 9.17) is 4.74 Å². The van der Waals surface area contributed by atoms with E-state index >= 15 is 0 Å². The lowest BCUT2D eigenvalue weighted by Crippen LogP contribution is -2.42. The van der Waals surface area contributed by atoms with E-state index in [1.807, 2.05) is 38.1 Å². The van der Waals surface area contributed by atoms with Crippen molar-refractivity contribution in [1.29, 1.82) is 0 Å². The second kappa shape index (κ2) is 9.41. The van der Waals surface area contributed by atoms with Gasteiger partial charge in [-0.15, -0.1) is 0 Å². The molecule has 0 saturated heterocycles. The molecule has 0 saturated carbocycles. The number of nitrogens with zero attached hydrogens (tertiary/aromatic N) is 4. The fourth-order valence-electron chi connectivity index (χ4n) is 2.86. The van der Waals surface area contributed by atoms with Crippen LogP contribution in [0.2, 0.25) is 0 Å². The molecular formula is C21H21BrN4O2. The lowest BCUT2D eigenvalue weighted by molar-refractivity contribution is 0.0647. The zero-order valence-corrected chi connectivity index (χ0v) is 17.3. The number of likely N-dealkylation sites (N-methyl/N-ethyl adjacent to an activating group) is 1. The van der Waals surface area contributed by atoms with Crippen LogP contribution in [-0.4, -0.2) is 45.0 Å². The number of hydrogen-bond acceptors (Lipinski definition) is 5. The number of hydrogen-bond donors (Lipinski definition) is 0.